The molecule has 0 spiro atoms. The first-order valence-electron chi connectivity index (χ1n) is 6.84. The maximum atomic E-state index is 12.0. The molecule has 18 heavy (non-hydrogen) atoms. The Morgan fingerprint density at radius 3 is 2.78 bits per heavy atom. The molecule has 0 aliphatic carbocycles. The Balaban J connectivity index is 1.82. The fraction of sp³-hybridized carbons (Fsp3) is 0.533. The number of quaternary nitrogens is 1. The van der Waals surface area contributed by atoms with Gasteiger partial charge in [0.1, 0.15) is 6.54 Å². The first kappa shape index (κ1) is 12.2. The Kier molecular flexibility index (Phi) is 3.40. The molecule has 0 aromatic heterocycles. The van der Waals surface area contributed by atoms with Gasteiger partial charge in [-0.1, -0.05) is 23.7 Å². The molecule has 2 nitrogen and oxygen atoms in total. The van der Waals surface area contributed by atoms with Crippen molar-refractivity contribution in [1.82, 2.24) is 0 Å². The third kappa shape index (κ3) is 2.45. The molecule has 0 saturated carbocycles. The highest BCUT2D eigenvalue weighted by Gasteiger charge is 2.36. The molecule has 1 aromatic carbocycles. The number of Topliss-reactive ketones (excluding diaryl/α,β-unsaturated/α-hetero) is 1. The number of carbonyl (C=O) groups is 1. The van der Waals surface area contributed by atoms with Gasteiger partial charge in [0, 0.05) is 30.7 Å². The van der Waals surface area contributed by atoms with E-state index in [4.69, 9.17) is 11.6 Å². The van der Waals surface area contributed by atoms with Crippen LogP contribution in [0.25, 0.3) is 0 Å². The molecule has 3 heteroatoms. The van der Waals surface area contributed by atoms with Crippen molar-refractivity contribution in [3.05, 3.63) is 34.9 Å². The van der Waals surface area contributed by atoms with Crippen molar-refractivity contribution in [2.75, 3.05) is 13.1 Å². The second kappa shape index (κ2) is 5.02. The van der Waals surface area contributed by atoms with E-state index in [9.17, 15) is 4.79 Å². The summed E-state index contributed by atoms with van der Waals surface area (Å²) in [6, 6.07) is 8.73. The van der Waals surface area contributed by atoms with Crippen molar-refractivity contribution < 1.29 is 9.69 Å². The Hall–Kier alpha value is -0.860. The van der Waals surface area contributed by atoms with Gasteiger partial charge in [-0.2, -0.15) is 0 Å². The molecular formula is C15H19ClNO+. The van der Waals surface area contributed by atoms with Crippen LogP contribution in [0.4, 0.5) is 0 Å². The number of carbonyl (C=O) groups excluding carboxylic acids is 1. The van der Waals surface area contributed by atoms with E-state index in [0.717, 1.165) is 18.0 Å². The summed E-state index contributed by atoms with van der Waals surface area (Å²) in [4.78, 5) is 13.6. The zero-order valence-electron chi connectivity index (χ0n) is 10.5. The van der Waals surface area contributed by atoms with E-state index >= 15 is 0 Å². The predicted molar refractivity (Wildman–Crippen MR) is 72.2 cm³/mol. The van der Waals surface area contributed by atoms with Gasteiger partial charge in [-0.3, -0.25) is 4.79 Å². The predicted octanol–water partition coefficient (Wildman–Crippen LogP) is 1.83. The molecule has 0 bridgehead atoms. The third-order valence-corrected chi connectivity index (χ3v) is 4.69. The van der Waals surface area contributed by atoms with Gasteiger partial charge in [0.2, 0.25) is 0 Å². The molecule has 0 radical (unpaired) electrons. The van der Waals surface area contributed by atoms with Crippen LogP contribution >= 0.6 is 11.6 Å². The minimum absolute atomic E-state index is 0.398. The zero-order chi connectivity index (χ0) is 12.5. The van der Waals surface area contributed by atoms with E-state index in [0.29, 0.717) is 24.2 Å². The standard InChI is InChI=1S/C15H18ClNO/c16-13-5-3-11(4-6-13)12-8-14-2-1-7-17(14)10-15(18)9-12/h3-6,12,14H,1-2,7-10H2/p+1/t12-,14?/m0/s1. The van der Waals surface area contributed by atoms with E-state index < -0.39 is 0 Å². The van der Waals surface area contributed by atoms with Crippen molar-refractivity contribution in [2.24, 2.45) is 0 Å². The van der Waals surface area contributed by atoms with Crippen LogP contribution in [0.2, 0.25) is 5.02 Å². The lowest BCUT2D eigenvalue weighted by molar-refractivity contribution is -0.903. The molecule has 1 aromatic rings. The number of hydrogen-bond donors (Lipinski definition) is 1. The van der Waals surface area contributed by atoms with Crippen molar-refractivity contribution in [3.63, 3.8) is 0 Å². The van der Waals surface area contributed by atoms with E-state index in [1.807, 2.05) is 12.1 Å². The molecule has 2 aliphatic rings. The van der Waals surface area contributed by atoms with Crippen molar-refractivity contribution in [2.45, 2.75) is 37.6 Å². The van der Waals surface area contributed by atoms with Gasteiger partial charge in [0.05, 0.1) is 12.6 Å². The lowest BCUT2D eigenvalue weighted by Gasteiger charge is -2.20. The van der Waals surface area contributed by atoms with Gasteiger partial charge < -0.3 is 4.90 Å². The summed E-state index contributed by atoms with van der Waals surface area (Å²) in [6.45, 7) is 1.93. The van der Waals surface area contributed by atoms with Gasteiger partial charge in [0.15, 0.2) is 5.78 Å². The highest BCUT2D eigenvalue weighted by atomic mass is 35.5. The third-order valence-electron chi connectivity index (χ3n) is 4.44. The number of nitrogens with one attached hydrogen (secondary N) is 1. The number of benzene rings is 1. The van der Waals surface area contributed by atoms with E-state index in [1.54, 1.807) is 0 Å². The van der Waals surface area contributed by atoms with E-state index in [1.165, 1.54) is 29.8 Å². The maximum absolute atomic E-state index is 12.0. The summed E-state index contributed by atoms with van der Waals surface area (Å²) in [5.41, 5.74) is 1.28. The summed E-state index contributed by atoms with van der Waals surface area (Å²) >= 11 is 5.93. The summed E-state index contributed by atoms with van der Waals surface area (Å²) < 4.78 is 0. The number of ketones is 1. The van der Waals surface area contributed by atoms with E-state index in [-0.39, 0.29) is 0 Å². The van der Waals surface area contributed by atoms with Gasteiger partial charge >= 0.3 is 0 Å². The van der Waals surface area contributed by atoms with Crippen LogP contribution in [0.15, 0.2) is 24.3 Å². The lowest BCUT2D eigenvalue weighted by atomic mass is 9.89. The Labute approximate surface area is 113 Å². The summed E-state index contributed by atoms with van der Waals surface area (Å²) in [6.07, 6.45) is 4.43. The minimum Gasteiger partial charge on any atom is -0.326 e. The van der Waals surface area contributed by atoms with Crippen molar-refractivity contribution >= 4 is 17.4 Å². The number of halogens is 1. The van der Waals surface area contributed by atoms with Crippen LogP contribution < -0.4 is 4.90 Å². The van der Waals surface area contributed by atoms with E-state index in [2.05, 4.69) is 12.1 Å². The molecule has 3 rings (SSSR count). The normalized spacial score (nSPS) is 32.1. The molecule has 2 fully saturated rings. The SMILES string of the molecule is O=C1C[C@@H](c2ccc(Cl)cc2)CC2CCC[NH+]2C1. The number of hydrogen-bond acceptors (Lipinski definition) is 1. The Bertz CT molecular complexity index is 442. The fourth-order valence-electron chi connectivity index (χ4n) is 3.52. The second-order valence-electron chi connectivity index (χ2n) is 5.65. The van der Waals surface area contributed by atoms with Crippen LogP contribution in [0.1, 0.15) is 37.2 Å². The average Bonchev–Trinajstić information content (AvgIpc) is 2.70. The molecule has 2 heterocycles. The maximum Gasteiger partial charge on any atom is 0.187 e. The van der Waals surface area contributed by atoms with Crippen LogP contribution in [0.5, 0.6) is 0 Å². The van der Waals surface area contributed by atoms with Crippen molar-refractivity contribution in [1.29, 1.82) is 0 Å². The topological polar surface area (TPSA) is 21.5 Å². The largest absolute Gasteiger partial charge is 0.326 e. The molecule has 96 valence electrons. The smallest absolute Gasteiger partial charge is 0.187 e. The highest BCUT2D eigenvalue weighted by molar-refractivity contribution is 6.30. The zero-order valence-corrected chi connectivity index (χ0v) is 11.2. The average molecular weight is 265 g/mol. The van der Waals surface area contributed by atoms with Crippen molar-refractivity contribution in [3.8, 4) is 0 Å². The van der Waals surface area contributed by atoms with Gasteiger partial charge in [-0.15, -0.1) is 0 Å². The summed E-state index contributed by atoms with van der Waals surface area (Å²) in [5, 5.41) is 0.770. The highest BCUT2D eigenvalue weighted by Crippen LogP contribution is 2.29. The Morgan fingerprint density at radius 1 is 1.22 bits per heavy atom. The van der Waals surface area contributed by atoms with Gasteiger partial charge in [0.25, 0.3) is 0 Å². The minimum atomic E-state index is 0.398. The molecular weight excluding hydrogens is 246 g/mol. The molecule has 2 saturated heterocycles. The number of fused-ring (bicyclic) bond motifs is 1. The molecule has 2 aliphatic heterocycles. The molecule has 1 N–H and O–H groups in total. The second-order valence-corrected chi connectivity index (χ2v) is 6.09. The monoisotopic (exact) mass is 264 g/mol. The van der Waals surface area contributed by atoms with Gasteiger partial charge in [-0.05, 0) is 23.6 Å². The van der Waals surface area contributed by atoms with Crippen LogP contribution in [0, 0.1) is 0 Å². The first-order chi connectivity index (χ1) is 8.72. The lowest BCUT2D eigenvalue weighted by Crippen LogP contribution is -3.14. The van der Waals surface area contributed by atoms with Crippen LogP contribution in [-0.4, -0.2) is 24.9 Å². The van der Waals surface area contributed by atoms with Crippen LogP contribution in [-0.2, 0) is 4.79 Å². The Morgan fingerprint density at radius 2 is 2.00 bits per heavy atom. The quantitative estimate of drug-likeness (QED) is 0.821. The number of rotatable bonds is 1. The summed E-state index contributed by atoms with van der Waals surface area (Å²) in [7, 11) is 0. The molecule has 0 amide bonds. The summed E-state index contributed by atoms with van der Waals surface area (Å²) in [5.74, 6) is 0.824. The molecule has 3 atom stereocenters. The van der Waals surface area contributed by atoms with Gasteiger partial charge in [-0.25, -0.2) is 0 Å². The fourth-order valence-corrected chi connectivity index (χ4v) is 3.64. The first-order valence-corrected chi connectivity index (χ1v) is 7.22. The molecule has 2 unspecified atom stereocenters. The van der Waals surface area contributed by atoms with Crippen LogP contribution in [0.3, 0.4) is 0 Å².